The van der Waals surface area contributed by atoms with Gasteiger partial charge in [-0.1, -0.05) is 0 Å². The van der Waals surface area contributed by atoms with Crippen LogP contribution in [0.25, 0.3) is 0 Å². The van der Waals surface area contributed by atoms with Crippen molar-refractivity contribution in [2.75, 3.05) is 19.6 Å². The van der Waals surface area contributed by atoms with Crippen LogP contribution in [0.15, 0.2) is 0 Å². The predicted molar refractivity (Wildman–Crippen MR) is 37.2 cm³/mol. The van der Waals surface area contributed by atoms with Crippen LogP contribution in [0.4, 0.5) is 0 Å². The van der Waals surface area contributed by atoms with E-state index in [9.17, 15) is 0 Å². The molecule has 0 heterocycles. The molecule has 0 spiro atoms. The standard InChI is InChI=1S/C7H16N.Cd/c1-4-7-8(5-2)6-3;/h1,4-7H2,2-3H3;. The molecule has 51 valence electrons. The molecule has 0 aliphatic heterocycles. The molecule has 0 aliphatic rings. The first-order valence-corrected chi connectivity index (χ1v) is 6.72. The Hall–Kier alpha value is 0.882. The van der Waals surface area contributed by atoms with Gasteiger partial charge in [-0.25, -0.2) is 0 Å². The van der Waals surface area contributed by atoms with Crippen LogP contribution in [0.2, 0.25) is 3.98 Å². The van der Waals surface area contributed by atoms with Crippen molar-refractivity contribution in [3.63, 3.8) is 0 Å². The molecule has 0 fully saturated rings. The fraction of sp³-hybridized carbons (Fsp3) is 1.00. The van der Waals surface area contributed by atoms with Crippen LogP contribution in [0, 0.1) is 0 Å². The van der Waals surface area contributed by atoms with Gasteiger partial charge in [0, 0.05) is 0 Å². The number of hydrogen-bond donors (Lipinski definition) is 0. The zero-order valence-corrected chi connectivity index (χ0v) is 10.7. The van der Waals surface area contributed by atoms with Gasteiger partial charge in [-0.05, 0) is 0 Å². The van der Waals surface area contributed by atoms with E-state index >= 15 is 0 Å². The molecule has 9 heavy (non-hydrogen) atoms. The second-order valence-corrected chi connectivity index (χ2v) is 4.25. The van der Waals surface area contributed by atoms with Gasteiger partial charge in [0.1, 0.15) is 0 Å². The second-order valence-electron chi connectivity index (χ2n) is 2.23. The Morgan fingerprint density at radius 3 is 2.11 bits per heavy atom. The third-order valence-corrected chi connectivity index (χ3v) is 3.05. The minimum absolute atomic E-state index is 1.18. The Morgan fingerprint density at radius 1 is 1.22 bits per heavy atom. The molecule has 0 aromatic carbocycles. The average molecular weight is 227 g/mol. The third kappa shape index (κ3) is 5.33. The van der Waals surface area contributed by atoms with Crippen LogP contribution < -0.4 is 0 Å². The first kappa shape index (κ1) is 9.88. The van der Waals surface area contributed by atoms with Crippen LogP contribution in [0.5, 0.6) is 0 Å². The maximum atomic E-state index is 2.49. The van der Waals surface area contributed by atoms with E-state index < -0.39 is 0 Å². The quantitative estimate of drug-likeness (QED) is 0.645. The van der Waals surface area contributed by atoms with Crippen LogP contribution in [-0.2, 0) is 25.8 Å². The normalized spacial score (nSPS) is 10.8. The monoisotopic (exact) mass is 228 g/mol. The number of nitrogens with zero attached hydrogens (tertiary/aromatic N) is 1. The van der Waals surface area contributed by atoms with Gasteiger partial charge >= 0.3 is 74.5 Å². The summed E-state index contributed by atoms with van der Waals surface area (Å²) in [5.74, 6) is 0. The van der Waals surface area contributed by atoms with Gasteiger partial charge in [0.2, 0.25) is 0 Å². The van der Waals surface area contributed by atoms with Gasteiger partial charge in [-0.15, -0.1) is 0 Å². The van der Waals surface area contributed by atoms with Crippen LogP contribution >= 0.6 is 0 Å². The Kier molecular flexibility index (Phi) is 7.68. The van der Waals surface area contributed by atoms with E-state index in [4.69, 9.17) is 0 Å². The minimum atomic E-state index is 1.18. The molecule has 0 aromatic heterocycles. The first-order valence-electron chi connectivity index (χ1n) is 3.86. The molecule has 0 bridgehead atoms. The first-order chi connectivity index (χ1) is 4.35. The summed E-state index contributed by atoms with van der Waals surface area (Å²) in [6.45, 7) is 8.24. The molecule has 0 atom stereocenters. The summed E-state index contributed by atoms with van der Waals surface area (Å²) in [5, 5.41) is 0. The van der Waals surface area contributed by atoms with E-state index in [1.807, 2.05) is 0 Å². The van der Waals surface area contributed by atoms with Crippen LogP contribution in [-0.4, -0.2) is 24.5 Å². The molecular formula is C7H16CdN. The van der Waals surface area contributed by atoms with E-state index in [1.54, 1.807) is 0 Å². The molecule has 0 radical (unpaired) electrons. The van der Waals surface area contributed by atoms with E-state index in [0.717, 1.165) is 0 Å². The maximum absolute atomic E-state index is 2.49. The average Bonchev–Trinajstić information content (AvgIpc) is 1.91. The predicted octanol–water partition coefficient (Wildman–Crippen LogP) is 1.68. The van der Waals surface area contributed by atoms with Crippen molar-refractivity contribution in [2.45, 2.75) is 24.2 Å². The Bertz CT molecular complexity index is 52.9. The molecule has 2 heteroatoms. The molecule has 0 N–H and O–H groups in total. The molecule has 1 nitrogen and oxygen atoms in total. The van der Waals surface area contributed by atoms with Gasteiger partial charge in [0.15, 0.2) is 0 Å². The zero-order chi connectivity index (χ0) is 7.11. The van der Waals surface area contributed by atoms with E-state index in [2.05, 4.69) is 18.7 Å². The molecule has 0 amide bonds. The van der Waals surface area contributed by atoms with Gasteiger partial charge in [-0.3, -0.25) is 0 Å². The van der Waals surface area contributed by atoms with Crippen molar-refractivity contribution >= 4 is 0 Å². The summed E-state index contributed by atoms with van der Waals surface area (Å²) >= 11 is 1.18. The summed E-state index contributed by atoms with van der Waals surface area (Å²) in [4.78, 5) is 2.49. The molecule has 0 aliphatic carbocycles. The Labute approximate surface area is 74.5 Å². The summed E-state index contributed by atoms with van der Waals surface area (Å²) in [5.41, 5.74) is 0. The number of hydrogen-bond acceptors (Lipinski definition) is 1. The molecule has 0 unspecified atom stereocenters. The Morgan fingerprint density at radius 2 is 1.78 bits per heavy atom. The fourth-order valence-electron chi connectivity index (χ4n) is 0.875. The van der Waals surface area contributed by atoms with Crippen LogP contribution in [0.1, 0.15) is 20.3 Å². The fourth-order valence-corrected chi connectivity index (χ4v) is 1.51. The summed E-state index contributed by atoms with van der Waals surface area (Å²) < 4.78 is 1.49. The van der Waals surface area contributed by atoms with Crippen LogP contribution in [0.3, 0.4) is 0 Å². The van der Waals surface area contributed by atoms with Gasteiger partial charge in [0.05, 0.1) is 0 Å². The van der Waals surface area contributed by atoms with E-state index in [-0.39, 0.29) is 0 Å². The Balaban J connectivity index is 3.09. The van der Waals surface area contributed by atoms with Crippen molar-refractivity contribution in [1.82, 2.24) is 4.90 Å². The molecule has 0 aromatic rings. The van der Waals surface area contributed by atoms with E-state index in [0.29, 0.717) is 0 Å². The SMILES string of the molecule is CCN(CC)CC[CH2][Cd]. The summed E-state index contributed by atoms with van der Waals surface area (Å²) in [7, 11) is 0. The molecular weight excluding hydrogens is 210 g/mol. The van der Waals surface area contributed by atoms with Crippen molar-refractivity contribution in [1.29, 1.82) is 0 Å². The number of rotatable bonds is 5. The van der Waals surface area contributed by atoms with Gasteiger partial charge < -0.3 is 0 Å². The van der Waals surface area contributed by atoms with Crippen molar-refractivity contribution in [3.05, 3.63) is 0 Å². The van der Waals surface area contributed by atoms with Gasteiger partial charge in [-0.2, -0.15) is 0 Å². The molecule has 0 saturated carbocycles. The van der Waals surface area contributed by atoms with Gasteiger partial charge in [0.25, 0.3) is 0 Å². The summed E-state index contributed by atoms with van der Waals surface area (Å²) in [6, 6.07) is 0. The summed E-state index contributed by atoms with van der Waals surface area (Å²) in [6.07, 6.45) is 1.42. The topological polar surface area (TPSA) is 3.24 Å². The van der Waals surface area contributed by atoms with Crippen molar-refractivity contribution in [2.24, 2.45) is 0 Å². The van der Waals surface area contributed by atoms with Crippen molar-refractivity contribution in [3.8, 4) is 0 Å². The molecule has 0 saturated heterocycles. The zero-order valence-electron chi connectivity index (χ0n) is 6.69. The van der Waals surface area contributed by atoms with Crippen molar-refractivity contribution < 1.29 is 25.8 Å². The third-order valence-electron chi connectivity index (χ3n) is 1.62. The molecule has 0 rings (SSSR count). The van der Waals surface area contributed by atoms with E-state index in [1.165, 1.54) is 55.8 Å². The second kappa shape index (κ2) is 6.99.